The summed E-state index contributed by atoms with van der Waals surface area (Å²) in [5, 5.41) is 3.42. The molecule has 0 saturated carbocycles. The number of carbonyl (C=O) groups excluding carboxylic acids is 1. The van der Waals surface area contributed by atoms with E-state index in [2.05, 4.69) is 15.3 Å². The number of anilines is 1. The highest BCUT2D eigenvalue weighted by Gasteiger charge is 2.29. The number of hydrogen-bond donors (Lipinski definition) is 1. The van der Waals surface area contributed by atoms with Crippen LogP contribution in [-0.2, 0) is 10.2 Å². The Kier molecular flexibility index (Phi) is 3.81. The Bertz CT molecular complexity index is 567. The summed E-state index contributed by atoms with van der Waals surface area (Å²) in [6.45, 7) is 3.71. The summed E-state index contributed by atoms with van der Waals surface area (Å²) in [6.07, 6.45) is 2.98. The Labute approximate surface area is 116 Å². The van der Waals surface area contributed by atoms with Gasteiger partial charge in [-0.3, -0.25) is 4.79 Å². The molecule has 0 bridgehead atoms. The number of nitrogens with zero attached hydrogens (tertiary/aromatic N) is 2. The monoisotopic (exact) mass is 275 g/mol. The van der Waals surface area contributed by atoms with Crippen molar-refractivity contribution in [3.05, 3.63) is 53.4 Å². The minimum atomic E-state index is -0.671. The minimum absolute atomic E-state index is 0.131. The van der Waals surface area contributed by atoms with E-state index >= 15 is 0 Å². The highest BCUT2D eigenvalue weighted by atomic mass is 35.5. The van der Waals surface area contributed by atoms with Gasteiger partial charge >= 0.3 is 0 Å². The zero-order chi connectivity index (χ0) is 13.9. The van der Waals surface area contributed by atoms with Crippen molar-refractivity contribution < 1.29 is 4.79 Å². The first-order valence-corrected chi connectivity index (χ1v) is 6.21. The van der Waals surface area contributed by atoms with Crippen LogP contribution >= 0.6 is 11.6 Å². The van der Waals surface area contributed by atoms with Gasteiger partial charge in [0.2, 0.25) is 5.91 Å². The predicted octanol–water partition coefficient (Wildman–Crippen LogP) is 3.05. The maximum atomic E-state index is 12.3. The molecule has 5 heteroatoms. The van der Waals surface area contributed by atoms with Crippen molar-refractivity contribution >= 4 is 23.3 Å². The zero-order valence-electron chi connectivity index (χ0n) is 10.7. The SMILES string of the molecule is CC(C)(C(=O)Nc1ccncn1)c1ccc(Cl)cc1. The molecular weight excluding hydrogens is 262 g/mol. The third-order valence-electron chi connectivity index (χ3n) is 2.96. The van der Waals surface area contributed by atoms with Crippen molar-refractivity contribution in [3.8, 4) is 0 Å². The van der Waals surface area contributed by atoms with Crippen LogP contribution in [0.1, 0.15) is 19.4 Å². The second kappa shape index (κ2) is 5.36. The number of rotatable bonds is 3. The van der Waals surface area contributed by atoms with E-state index in [0.717, 1.165) is 5.56 Å². The van der Waals surface area contributed by atoms with Crippen LogP contribution in [0, 0.1) is 0 Å². The molecule has 0 aliphatic carbocycles. The molecule has 1 aromatic carbocycles. The summed E-state index contributed by atoms with van der Waals surface area (Å²) in [6, 6.07) is 8.90. The summed E-state index contributed by atoms with van der Waals surface area (Å²) in [5.41, 5.74) is 0.221. The van der Waals surface area contributed by atoms with Crippen LogP contribution in [-0.4, -0.2) is 15.9 Å². The molecule has 0 spiro atoms. The van der Waals surface area contributed by atoms with Crippen LogP contribution in [0.25, 0.3) is 0 Å². The molecule has 0 unspecified atom stereocenters. The average molecular weight is 276 g/mol. The second-order valence-electron chi connectivity index (χ2n) is 4.68. The lowest BCUT2D eigenvalue weighted by atomic mass is 9.84. The number of aromatic nitrogens is 2. The standard InChI is InChI=1S/C14H14ClN3O/c1-14(2,10-3-5-11(15)6-4-10)13(19)18-12-7-8-16-9-17-12/h3-9H,1-2H3,(H,16,17,18,19). The van der Waals surface area contributed by atoms with Crippen molar-refractivity contribution in [2.24, 2.45) is 0 Å². The van der Waals surface area contributed by atoms with Crippen molar-refractivity contribution in [1.29, 1.82) is 0 Å². The van der Waals surface area contributed by atoms with E-state index in [1.807, 2.05) is 26.0 Å². The highest BCUT2D eigenvalue weighted by molar-refractivity contribution is 6.30. The molecule has 0 fully saturated rings. The van der Waals surface area contributed by atoms with E-state index in [-0.39, 0.29) is 5.91 Å². The predicted molar refractivity (Wildman–Crippen MR) is 75.1 cm³/mol. The lowest BCUT2D eigenvalue weighted by Gasteiger charge is -2.23. The molecule has 4 nitrogen and oxygen atoms in total. The minimum Gasteiger partial charge on any atom is -0.310 e. The van der Waals surface area contributed by atoms with Gasteiger partial charge in [-0.1, -0.05) is 23.7 Å². The molecule has 0 aliphatic rings. The summed E-state index contributed by atoms with van der Waals surface area (Å²) >= 11 is 5.85. The largest absolute Gasteiger partial charge is 0.310 e. The fourth-order valence-corrected chi connectivity index (χ4v) is 1.76. The van der Waals surface area contributed by atoms with Crippen LogP contribution in [0.5, 0.6) is 0 Å². The normalized spacial score (nSPS) is 11.1. The fraction of sp³-hybridized carbons (Fsp3) is 0.214. The maximum absolute atomic E-state index is 12.3. The highest BCUT2D eigenvalue weighted by Crippen LogP contribution is 2.26. The topological polar surface area (TPSA) is 54.9 Å². The van der Waals surface area contributed by atoms with Crippen molar-refractivity contribution in [1.82, 2.24) is 9.97 Å². The van der Waals surface area contributed by atoms with Gasteiger partial charge in [0.15, 0.2) is 0 Å². The quantitative estimate of drug-likeness (QED) is 0.937. The van der Waals surface area contributed by atoms with Gasteiger partial charge in [0.25, 0.3) is 0 Å². The van der Waals surface area contributed by atoms with Crippen LogP contribution in [0.3, 0.4) is 0 Å². The van der Waals surface area contributed by atoms with Gasteiger partial charge in [-0.15, -0.1) is 0 Å². The van der Waals surface area contributed by atoms with Gasteiger partial charge in [0.1, 0.15) is 12.1 Å². The molecule has 0 radical (unpaired) electrons. The molecule has 0 aliphatic heterocycles. The summed E-state index contributed by atoms with van der Waals surface area (Å²) < 4.78 is 0. The Morgan fingerprint density at radius 2 is 1.89 bits per heavy atom. The number of nitrogens with one attached hydrogen (secondary N) is 1. The van der Waals surface area contributed by atoms with Gasteiger partial charge in [-0.2, -0.15) is 0 Å². The first-order chi connectivity index (χ1) is 9.00. The number of hydrogen-bond acceptors (Lipinski definition) is 3. The number of halogens is 1. The maximum Gasteiger partial charge on any atom is 0.235 e. The molecule has 98 valence electrons. The fourth-order valence-electron chi connectivity index (χ4n) is 1.63. The second-order valence-corrected chi connectivity index (χ2v) is 5.12. The van der Waals surface area contributed by atoms with Crippen molar-refractivity contribution in [3.63, 3.8) is 0 Å². The summed E-state index contributed by atoms with van der Waals surface area (Å²) in [5.74, 6) is 0.357. The Morgan fingerprint density at radius 3 is 2.47 bits per heavy atom. The van der Waals surface area contributed by atoms with E-state index in [4.69, 9.17) is 11.6 Å². The molecule has 0 atom stereocenters. The van der Waals surface area contributed by atoms with Gasteiger partial charge in [-0.05, 0) is 37.6 Å². The van der Waals surface area contributed by atoms with E-state index in [0.29, 0.717) is 10.8 Å². The summed E-state index contributed by atoms with van der Waals surface area (Å²) in [7, 11) is 0. The molecule has 1 heterocycles. The first-order valence-electron chi connectivity index (χ1n) is 5.83. The first kappa shape index (κ1) is 13.5. The molecular formula is C14H14ClN3O. The lowest BCUT2D eigenvalue weighted by Crippen LogP contribution is -2.34. The smallest absolute Gasteiger partial charge is 0.235 e. The Hall–Kier alpha value is -1.94. The Balaban J connectivity index is 2.19. The third-order valence-corrected chi connectivity index (χ3v) is 3.21. The number of benzene rings is 1. The van der Waals surface area contributed by atoms with Gasteiger partial charge in [0.05, 0.1) is 5.41 Å². The summed E-state index contributed by atoms with van der Waals surface area (Å²) in [4.78, 5) is 20.1. The van der Waals surface area contributed by atoms with E-state index in [1.165, 1.54) is 6.33 Å². The van der Waals surface area contributed by atoms with Crippen LogP contribution in [0.4, 0.5) is 5.82 Å². The van der Waals surface area contributed by atoms with Gasteiger partial charge in [0, 0.05) is 11.2 Å². The Morgan fingerprint density at radius 1 is 1.21 bits per heavy atom. The van der Waals surface area contributed by atoms with E-state index in [1.54, 1.807) is 24.4 Å². The molecule has 19 heavy (non-hydrogen) atoms. The zero-order valence-corrected chi connectivity index (χ0v) is 11.5. The molecule has 2 rings (SSSR count). The van der Waals surface area contributed by atoms with Gasteiger partial charge < -0.3 is 5.32 Å². The van der Waals surface area contributed by atoms with E-state index in [9.17, 15) is 4.79 Å². The third kappa shape index (κ3) is 3.09. The van der Waals surface area contributed by atoms with Crippen molar-refractivity contribution in [2.45, 2.75) is 19.3 Å². The van der Waals surface area contributed by atoms with Crippen LogP contribution < -0.4 is 5.32 Å². The number of carbonyl (C=O) groups is 1. The van der Waals surface area contributed by atoms with Crippen LogP contribution in [0.2, 0.25) is 5.02 Å². The molecule has 1 aromatic heterocycles. The lowest BCUT2D eigenvalue weighted by molar-refractivity contribution is -0.120. The van der Waals surface area contributed by atoms with Crippen LogP contribution in [0.15, 0.2) is 42.9 Å². The van der Waals surface area contributed by atoms with E-state index < -0.39 is 5.41 Å². The molecule has 2 aromatic rings. The average Bonchev–Trinajstić information content (AvgIpc) is 2.40. The van der Waals surface area contributed by atoms with Gasteiger partial charge in [-0.25, -0.2) is 9.97 Å². The molecule has 1 amide bonds. The number of amides is 1. The molecule has 1 N–H and O–H groups in total. The molecule has 0 saturated heterocycles. The van der Waals surface area contributed by atoms with Crippen molar-refractivity contribution in [2.75, 3.05) is 5.32 Å².